The minimum Gasteiger partial charge on any atom is -0.328 e. The minimum absolute atomic E-state index is 0.461. The third-order valence-electron chi connectivity index (χ3n) is 3.02. The summed E-state index contributed by atoms with van der Waals surface area (Å²) in [5, 5.41) is 0. The Morgan fingerprint density at radius 2 is 1.08 bits per heavy atom. The predicted molar refractivity (Wildman–Crippen MR) is 53.9 cm³/mol. The van der Waals surface area contributed by atoms with Gasteiger partial charge in [-0.2, -0.15) is 0 Å². The van der Waals surface area contributed by atoms with Crippen molar-refractivity contribution in [2.24, 2.45) is 23.5 Å². The van der Waals surface area contributed by atoms with Crippen LogP contribution in [0.25, 0.3) is 0 Å². The van der Waals surface area contributed by atoms with E-state index in [9.17, 15) is 0 Å². The first-order valence-electron chi connectivity index (χ1n) is 5.33. The van der Waals surface area contributed by atoms with E-state index >= 15 is 0 Å². The largest absolute Gasteiger partial charge is 0.328 e. The summed E-state index contributed by atoms with van der Waals surface area (Å²) in [5.74, 6) is 2.58. The Morgan fingerprint density at radius 3 is 1.50 bits per heavy atom. The first-order valence-corrected chi connectivity index (χ1v) is 5.33. The van der Waals surface area contributed by atoms with Gasteiger partial charge >= 0.3 is 0 Å². The second-order valence-electron chi connectivity index (χ2n) is 5.02. The van der Waals surface area contributed by atoms with E-state index in [-0.39, 0.29) is 0 Å². The van der Waals surface area contributed by atoms with E-state index in [4.69, 9.17) is 5.73 Å². The van der Waals surface area contributed by atoms with Gasteiger partial charge in [0.15, 0.2) is 0 Å². The van der Waals surface area contributed by atoms with Gasteiger partial charge in [-0.05, 0) is 43.4 Å². The maximum Gasteiger partial charge on any atom is 0.00439 e. The van der Waals surface area contributed by atoms with E-state index in [0.29, 0.717) is 6.04 Å². The van der Waals surface area contributed by atoms with Crippen LogP contribution in [-0.2, 0) is 0 Å². The van der Waals surface area contributed by atoms with Crippen LogP contribution in [0.1, 0.15) is 46.5 Å². The molecule has 0 aliphatic heterocycles. The van der Waals surface area contributed by atoms with Gasteiger partial charge in [-0.25, -0.2) is 0 Å². The normalized spacial score (nSPS) is 45.0. The first kappa shape index (κ1) is 10.0. The van der Waals surface area contributed by atoms with Crippen LogP contribution in [-0.4, -0.2) is 6.04 Å². The molecule has 0 amide bonds. The third-order valence-corrected chi connectivity index (χ3v) is 3.02. The summed E-state index contributed by atoms with van der Waals surface area (Å²) >= 11 is 0. The van der Waals surface area contributed by atoms with Crippen molar-refractivity contribution in [1.29, 1.82) is 0 Å². The molecule has 1 aliphatic rings. The van der Waals surface area contributed by atoms with Crippen LogP contribution in [0.2, 0.25) is 0 Å². The molecule has 3 unspecified atom stereocenters. The summed E-state index contributed by atoms with van der Waals surface area (Å²) in [5.41, 5.74) is 6.03. The molecule has 0 heterocycles. The highest BCUT2D eigenvalue weighted by Gasteiger charge is 2.20. The Morgan fingerprint density at radius 1 is 0.750 bits per heavy atom. The van der Waals surface area contributed by atoms with Gasteiger partial charge in [0.1, 0.15) is 0 Å². The Hall–Kier alpha value is -0.0400. The lowest BCUT2D eigenvalue weighted by atomic mass is 9.80. The second kappa shape index (κ2) is 4.27. The van der Waals surface area contributed by atoms with Gasteiger partial charge in [-0.15, -0.1) is 0 Å². The van der Waals surface area contributed by atoms with Crippen molar-refractivity contribution < 1.29 is 0 Å². The lowest BCUT2D eigenvalue weighted by molar-refractivity contribution is 0.259. The van der Waals surface area contributed by atoms with Crippen LogP contribution in [0, 0.1) is 17.8 Å². The quantitative estimate of drug-likeness (QED) is 0.593. The molecule has 72 valence electrons. The van der Waals surface area contributed by atoms with Gasteiger partial charge in [-0.3, -0.25) is 0 Å². The van der Waals surface area contributed by atoms with Crippen LogP contribution >= 0.6 is 0 Å². The fourth-order valence-electron chi connectivity index (χ4n) is 2.79. The number of rotatable bonds is 0. The fraction of sp³-hybridized carbons (Fsp3) is 1.00. The summed E-state index contributed by atoms with van der Waals surface area (Å²) < 4.78 is 0. The number of nitrogens with two attached hydrogens (primary N) is 1. The van der Waals surface area contributed by atoms with Crippen molar-refractivity contribution in [3.63, 3.8) is 0 Å². The highest BCUT2D eigenvalue weighted by atomic mass is 14.6. The standard InChI is InChI=1S/C11H23N/c1-8-4-9(2)6-11(12)7-10(3)5-8/h8-11H,4-7,12H2,1-3H3/t8?,9-,10?,11?/m0/s1. The summed E-state index contributed by atoms with van der Waals surface area (Å²) in [6, 6.07) is 0.461. The fourth-order valence-corrected chi connectivity index (χ4v) is 2.79. The average molecular weight is 169 g/mol. The Balaban J connectivity index is 2.45. The van der Waals surface area contributed by atoms with Gasteiger partial charge in [0, 0.05) is 6.04 Å². The maximum absolute atomic E-state index is 6.03. The summed E-state index contributed by atoms with van der Waals surface area (Å²) in [7, 11) is 0. The van der Waals surface area contributed by atoms with Crippen LogP contribution in [0.15, 0.2) is 0 Å². The van der Waals surface area contributed by atoms with E-state index < -0.39 is 0 Å². The Bertz CT molecular complexity index is 93.0. The smallest absolute Gasteiger partial charge is 0.00439 e. The van der Waals surface area contributed by atoms with Crippen molar-refractivity contribution in [1.82, 2.24) is 0 Å². The van der Waals surface area contributed by atoms with Gasteiger partial charge < -0.3 is 5.73 Å². The Labute approximate surface area is 76.7 Å². The molecule has 0 aromatic rings. The molecule has 1 heteroatoms. The summed E-state index contributed by atoms with van der Waals surface area (Å²) in [4.78, 5) is 0. The highest BCUT2D eigenvalue weighted by Crippen LogP contribution is 2.28. The molecule has 0 bridgehead atoms. The van der Waals surface area contributed by atoms with Gasteiger partial charge in [-0.1, -0.05) is 20.8 Å². The third kappa shape index (κ3) is 3.14. The van der Waals surface area contributed by atoms with E-state index in [2.05, 4.69) is 20.8 Å². The average Bonchev–Trinajstić information content (AvgIpc) is 1.81. The van der Waals surface area contributed by atoms with Crippen molar-refractivity contribution in [2.45, 2.75) is 52.5 Å². The van der Waals surface area contributed by atoms with E-state index in [1.165, 1.54) is 25.7 Å². The topological polar surface area (TPSA) is 26.0 Å². The lowest BCUT2D eigenvalue weighted by Crippen LogP contribution is -2.28. The van der Waals surface area contributed by atoms with Crippen LogP contribution < -0.4 is 5.73 Å². The number of hydrogen-bond acceptors (Lipinski definition) is 1. The molecule has 1 aliphatic carbocycles. The number of hydrogen-bond donors (Lipinski definition) is 1. The van der Waals surface area contributed by atoms with E-state index in [1.54, 1.807) is 0 Å². The summed E-state index contributed by atoms with van der Waals surface area (Å²) in [6.45, 7) is 7.06. The highest BCUT2D eigenvalue weighted by molar-refractivity contribution is 4.75. The summed E-state index contributed by atoms with van der Waals surface area (Å²) in [6.07, 6.45) is 5.21. The van der Waals surface area contributed by atoms with Crippen LogP contribution in [0.3, 0.4) is 0 Å². The minimum atomic E-state index is 0.461. The second-order valence-corrected chi connectivity index (χ2v) is 5.02. The Kier molecular flexibility index (Phi) is 3.57. The zero-order valence-electron chi connectivity index (χ0n) is 8.72. The predicted octanol–water partition coefficient (Wildman–Crippen LogP) is 2.80. The molecule has 0 aromatic carbocycles. The molecule has 4 atom stereocenters. The SMILES string of the molecule is CC1CC(C)C[C@H](C)CC(N)C1. The maximum atomic E-state index is 6.03. The molecule has 0 saturated heterocycles. The monoisotopic (exact) mass is 169 g/mol. The van der Waals surface area contributed by atoms with Gasteiger partial charge in [0.05, 0.1) is 0 Å². The molecule has 2 N–H and O–H groups in total. The van der Waals surface area contributed by atoms with Crippen LogP contribution in [0.5, 0.6) is 0 Å². The molecule has 0 radical (unpaired) electrons. The molecule has 1 rings (SSSR count). The van der Waals surface area contributed by atoms with Gasteiger partial charge in [0.25, 0.3) is 0 Å². The van der Waals surface area contributed by atoms with Crippen molar-refractivity contribution in [3.8, 4) is 0 Å². The molecule has 12 heavy (non-hydrogen) atoms. The zero-order chi connectivity index (χ0) is 9.14. The lowest BCUT2D eigenvalue weighted by Gasteiger charge is -2.28. The molecule has 1 saturated carbocycles. The molecular formula is C11H23N. The zero-order valence-corrected chi connectivity index (χ0v) is 8.72. The van der Waals surface area contributed by atoms with Crippen molar-refractivity contribution in [3.05, 3.63) is 0 Å². The van der Waals surface area contributed by atoms with E-state index in [1.807, 2.05) is 0 Å². The first-order chi connectivity index (χ1) is 5.58. The van der Waals surface area contributed by atoms with Crippen LogP contribution in [0.4, 0.5) is 0 Å². The van der Waals surface area contributed by atoms with E-state index in [0.717, 1.165) is 17.8 Å². The molecule has 0 aromatic heterocycles. The van der Waals surface area contributed by atoms with Gasteiger partial charge in [0.2, 0.25) is 0 Å². The van der Waals surface area contributed by atoms with Crippen molar-refractivity contribution >= 4 is 0 Å². The molecular weight excluding hydrogens is 146 g/mol. The molecule has 1 nitrogen and oxygen atoms in total. The molecule has 1 fully saturated rings. The van der Waals surface area contributed by atoms with Crippen molar-refractivity contribution in [2.75, 3.05) is 0 Å². The molecule has 0 spiro atoms.